The van der Waals surface area contributed by atoms with E-state index in [0.29, 0.717) is 5.02 Å². The maximum absolute atomic E-state index is 13.5. The van der Waals surface area contributed by atoms with Gasteiger partial charge < -0.3 is 5.32 Å². The Balaban J connectivity index is 2.26. The predicted octanol–water partition coefficient (Wildman–Crippen LogP) is 4.63. The maximum Gasteiger partial charge on any atom is 0.255 e. The first kappa shape index (κ1) is 14.0. The van der Waals surface area contributed by atoms with Gasteiger partial charge in [0.05, 0.1) is 0 Å². The molecule has 6 heteroatoms. The van der Waals surface area contributed by atoms with Gasteiger partial charge in [0.2, 0.25) is 0 Å². The molecular formula is C13H7BrClF2NO. The van der Waals surface area contributed by atoms with Crippen molar-refractivity contribution < 1.29 is 13.6 Å². The summed E-state index contributed by atoms with van der Waals surface area (Å²) < 4.78 is 27.3. The fourth-order valence-electron chi connectivity index (χ4n) is 1.45. The van der Waals surface area contributed by atoms with Gasteiger partial charge in [0.15, 0.2) is 11.6 Å². The number of nitrogens with one attached hydrogen (secondary N) is 1. The van der Waals surface area contributed by atoms with Gasteiger partial charge in [-0.05, 0) is 36.4 Å². The first-order valence-corrected chi connectivity index (χ1v) is 6.36. The number of amides is 1. The molecule has 2 rings (SSSR count). The van der Waals surface area contributed by atoms with Crippen LogP contribution < -0.4 is 5.32 Å². The van der Waals surface area contributed by atoms with E-state index in [9.17, 15) is 13.6 Å². The van der Waals surface area contributed by atoms with Gasteiger partial charge in [0.1, 0.15) is 5.69 Å². The number of hydrogen-bond donors (Lipinski definition) is 1. The van der Waals surface area contributed by atoms with E-state index in [0.717, 1.165) is 12.1 Å². The number of rotatable bonds is 2. The number of halogens is 4. The minimum absolute atomic E-state index is 0.256. The van der Waals surface area contributed by atoms with Crippen LogP contribution in [-0.4, -0.2) is 5.91 Å². The van der Waals surface area contributed by atoms with Crippen molar-refractivity contribution in [2.75, 3.05) is 5.32 Å². The molecule has 0 heterocycles. The molecule has 0 atom stereocenters. The molecule has 0 aliphatic rings. The second kappa shape index (κ2) is 5.67. The second-order valence-corrected chi connectivity index (χ2v) is 5.06. The number of benzene rings is 2. The zero-order valence-electron chi connectivity index (χ0n) is 9.38. The summed E-state index contributed by atoms with van der Waals surface area (Å²) in [5, 5.41) is 2.66. The molecule has 0 aromatic heterocycles. The zero-order valence-corrected chi connectivity index (χ0v) is 11.7. The number of anilines is 1. The van der Waals surface area contributed by atoms with Crippen LogP contribution in [0.4, 0.5) is 14.5 Å². The highest BCUT2D eigenvalue weighted by Gasteiger charge is 2.14. The molecule has 19 heavy (non-hydrogen) atoms. The van der Waals surface area contributed by atoms with E-state index >= 15 is 0 Å². The van der Waals surface area contributed by atoms with E-state index in [1.807, 2.05) is 0 Å². The molecule has 0 spiro atoms. The van der Waals surface area contributed by atoms with Crippen LogP contribution in [0.15, 0.2) is 40.9 Å². The van der Waals surface area contributed by atoms with Gasteiger partial charge in [0.25, 0.3) is 5.91 Å². The van der Waals surface area contributed by atoms with Crippen LogP contribution in [0, 0.1) is 11.6 Å². The summed E-state index contributed by atoms with van der Waals surface area (Å²) in [6.07, 6.45) is 0. The lowest BCUT2D eigenvalue weighted by atomic mass is 10.2. The van der Waals surface area contributed by atoms with Crippen LogP contribution >= 0.6 is 27.5 Å². The maximum atomic E-state index is 13.5. The molecular weight excluding hydrogens is 340 g/mol. The first-order chi connectivity index (χ1) is 8.97. The molecule has 98 valence electrons. The van der Waals surface area contributed by atoms with Gasteiger partial charge >= 0.3 is 0 Å². The summed E-state index contributed by atoms with van der Waals surface area (Å²) in [6.45, 7) is 0. The lowest BCUT2D eigenvalue weighted by Gasteiger charge is -2.08. The zero-order chi connectivity index (χ0) is 14.0. The fraction of sp³-hybridized carbons (Fsp3) is 0. The van der Waals surface area contributed by atoms with Crippen molar-refractivity contribution in [3.8, 4) is 0 Å². The van der Waals surface area contributed by atoms with Crippen LogP contribution in [0.3, 0.4) is 0 Å². The van der Waals surface area contributed by atoms with Gasteiger partial charge in [-0.25, -0.2) is 8.78 Å². The summed E-state index contributed by atoms with van der Waals surface area (Å²) >= 11 is 8.65. The van der Waals surface area contributed by atoms with Crippen LogP contribution in [0.5, 0.6) is 0 Å². The van der Waals surface area contributed by atoms with Gasteiger partial charge in [-0.15, -0.1) is 0 Å². The monoisotopic (exact) mass is 345 g/mol. The molecule has 0 fully saturated rings. The highest BCUT2D eigenvalue weighted by Crippen LogP contribution is 2.24. The highest BCUT2D eigenvalue weighted by atomic mass is 79.9. The Morgan fingerprint density at radius 2 is 1.63 bits per heavy atom. The van der Waals surface area contributed by atoms with Crippen molar-refractivity contribution in [1.29, 1.82) is 0 Å². The number of carbonyl (C=O) groups excluding carboxylic acids is 1. The Hall–Kier alpha value is -1.46. The number of carbonyl (C=O) groups is 1. The lowest BCUT2D eigenvalue weighted by Crippen LogP contribution is -2.14. The van der Waals surface area contributed by atoms with Crippen molar-refractivity contribution in [1.82, 2.24) is 0 Å². The third-order valence-corrected chi connectivity index (χ3v) is 3.06. The predicted molar refractivity (Wildman–Crippen MR) is 73.5 cm³/mol. The third kappa shape index (κ3) is 3.30. The SMILES string of the molecule is O=C(Nc1c(F)cc(Br)cc1F)c1ccc(Cl)cc1. The summed E-state index contributed by atoms with van der Waals surface area (Å²) in [7, 11) is 0. The van der Waals surface area contributed by atoms with Gasteiger partial charge in [0, 0.05) is 15.1 Å². The summed E-state index contributed by atoms with van der Waals surface area (Å²) in [4.78, 5) is 11.8. The fourth-order valence-corrected chi connectivity index (χ4v) is 1.98. The molecule has 0 radical (unpaired) electrons. The Morgan fingerprint density at radius 3 is 2.16 bits per heavy atom. The van der Waals surface area contributed by atoms with Crippen molar-refractivity contribution >= 4 is 39.1 Å². The Morgan fingerprint density at radius 1 is 1.11 bits per heavy atom. The third-order valence-electron chi connectivity index (χ3n) is 2.35. The van der Waals surface area contributed by atoms with E-state index in [2.05, 4.69) is 21.2 Å². The molecule has 0 aliphatic carbocycles. The Labute approximate surface area is 121 Å². The average molecular weight is 347 g/mol. The van der Waals surface area contributed by atoms with Crippen molar-refractivity contribution in [2.45, 2.75) is 0 Å². The molecule has 2 aromatic carbocycles. The van der Waals surface area contributed by atoms with E-state index in [1.165, 1.54) is 24.3 Å². The Kier molecular flexibility index (Phi) is 4.17. The normalized spacial score (nSPS) is 10.3. The topological polar surface area (TPSA) is 29.1 Å². The van der Waals surface area contributed by atoms with E-state index < -0.39 is 23.2 Å². The van der Waals surface area contributed by atoms with Crippen LogP contribution in [0.1, 0.15) is 10.4 Å². The Bertz CT molecular complexity index is 608. The van der Waals surface area contributed by atoms with Crippen LogP contribution in [0.25, 0.3) is 0 Å². The quantitative estimate of drug-likeness (QED) is 0.844. The van der Waals surface area contributed by atoms with E-state index in [-0.39, 0.29) is 10.0 Å². The molecule has 0 aliphatic heterocycles. The van der Waals surface area contributed by atoms with Crippen LogP contribution in [-0.2, 0) is 0 Å². The molecule has 0 saturated heterocycles. The number of hydrogen-bond acceptors (Lipinski definition) is 1. The molecule has 2 nitrogen and oxygen atoms in total. The summed E-state index contributed by atoms with van der Waals surface area (Å²) in [5.41, 5.74) is -0.228. The van der Waals surface area contributed by atoms with Gasteiger partial charge in [-0.1, -0.05) is 27.5 Å². The highest BCUT2D eigenvalue weighted by molar-refractivity contribution is 9.10. The molecule has 0 unspecified atom stereocenters. The minimum atomic E-state index is -0.853. The first-order valence-electron chi connectivity index (χ1n) is 5.19. The van der Waals surface area contributed by atoms with E-state index in [1.54, 1.807) is 0 Å². The molecule has 0 bridgehead atoms. The summed E-state index contributed by atoms with van der Waals surface area (Å²) in [5.74, 6) is -2.32. The lowest BCUT2D eigenvalue weighted by molar-refractivity contribution is 0.102. The van der Waals surface area contributed by atoms with Crippen LogP contribution in [0.2, 0.25) is 5.02 Å². The molecule has 0 saturated carbocycles. The average Bonchev–Trinajstić information content (AvgIpc) is 2.34. The second-order valence-electron chi connectivity index (χ2n) is 3.71. The van der Waals surface area contributed by atoms with Gasteiger partial charge in [-0.2, -0.15) is 0 Å². The minimum Gasteiger partial charge on any atom is -0.317 e. The summed E-state index contributed by atoms with van der Waals surface area (Å²) in [6, 6.07) is 8.11. The molecule has 1 N–H and O–H groups in total. The van der Waals surface area contributed by atoms with Crippen molar-refractivity contribution in [3.63, 3.8) is 0 Å². The standard InChI is InChI=1S/C13H7BrClF2NO/c14-8-5-10(16)12(11(17)6-8)18-13(19)7-1-3-9(15)4-2-7/h1-6H,(H,18,19). The van der Waals surface area contributed by atoms with Gasteiger partial charge in [-0.3, -0.25) is 4.79 Å². The van der Waals surface area contributed by atoms with E-state index in [4.69, 9.17) is 11.6 Å². The molecule has 1 amide bonds. The molecule has 2 aromatic rings. The van der Waals surface area contributed by atoms with Crippen molar-refractivity contribution in [2.24, 2.45) is 0 Å². The largest absolute Gasteiger partial charge is 0.317 e. The van der Waals surface area contributed by atoms with Crippen molar-refractivity contribution in [3.05, 3.63) is 63.1 Å². The smallest absolute Gasteiger partial charge is 0.255 e.